The van der Waals surface area contributed by atoms with Gasteiger partial charge in [-0.15, -0.1) is 0 Å². The number of nitrogens with zero attached hydrogens (tertiary/aromatic N) is 2. The normalized spacial score (nSPS) is 34.8. The van der Waals surface area contributed by atoms with E-state index in [4.69, 9.17) is 0 Å². The van der Waals surface area contributed by atoms with Crippen molar-refractivity contribution in [3.63, 3.8) is 0 Å². The summed E-state index contributed by atoms with van der Waals surface area (Å²) in [6.07, 6.45) is 0.0714. The van der Waals surface area contributed by atoms with Gasteiger partial charge in [0.05, 0.1) is 6.54 Å². The molecular weight excluding hydrogens is 160 g/mol. The van der Waals surface area contributed by atoms with Gasteiger partial charge in [0.2, 0.25) is 0 Å². The summed E-state index contributed by atoms with van der Waals surface area (Å²) in [5, 5.41) is 27.9. The van der Waals surface area contributed by atoms with E-state index in [-0.39, 0.29) is 6.54 Å². The Labute approximate surface area is 68.9 Å². The molecule has 0 aliphatic carbocycles. The van der Waals surface area contributed by atoms with Gasteiger partial charge >= 0.3 is 0 Å². The first-order chi connectivity index (χ1) is 5.70. The van der Waals surface area contributed by atoms with Crippen LogP contribution in [0.1, 0.15) is 11.9 Å². The highest BCUT2D eigenvalue weighted by Crippen LogP contribution is 2.23. The Morgan fingerprint density at radius 3 is 2.92 bits per heavy atom. The van der Waals surface area contributed by atoms with Gasteiger partial charge in [-0.25, -0.2) is 4.98 Å². The van der Waals surface area contributed by atoms with Crippen LogP contribution in [-0.4, -0.2) is 37.1 Å². The van der Waals surface area contributed by atoms with Gasteiger partial charge in [0.1, 0.15) is 24.1 Å². The van der Waals surface area contributed by atoms with Crippen molar-refractivity contribution in [3.05, 3.63) is 18.2 Å². The van der Waals surface area contributed by atoms with Gasteiger partial charge < -0.3 is 19.9 Å². The van der Waals surface area contributed by atoms with Gasteiger partial charge in [-0.1, -0.05) is 0 Å². The van der Waals surface area contributed by atoms with E-state index < -0.39 is 18.3 Å². The second-order valence-electron chi connectivity index (χ2n) is 2.94. The average molecular weight is 170 g/mol. The van der Waals surface area contributed by atoms with Crippen LogP contribution >= 0.6 is 0 Å². The van der Waals surface area contributed by atoms with Gasteiger partial charge in [-0.2, -0.15) is 0 Å². The third-order valence-electron chi connectivity index (χ3n) is 2.11. The summed E-state index contributed by atoms with van der Waals surface area (Å²) in [6, 6.07) is 0. The number of aliphatic hydroxyl groups is 3. The average Bonchev–Trinajstić information content (AvgIpc) is 2.48. The van der Waals surface area contributed by atoms with E-state index in [1.165, 1.54) is 6.20 Å². The molecule has 3 atom stereocenters. The Hall–Kier alpha value is -0.910. The van der Waals surface area contributed by atoms with E-state index in [0.717, 1.165) is 0 Å². The van der Waals surface area contributed by atoms with E-state index >= 15 is 0 Å². The molecule has 1 aliphatic rings. The molecule has 0 radical (unpaired) electrons. The lowest BCUT2D eigenvalue weighted by Gasteiger charge is -2.28. The Balaban J connectivity index is 2.39. The minimum absolute atomic E-state index is 0.285. The van der Waals surface area contributed by atoms with E-state index in [1.807, 2.05) is 0 Å². The second-order valence-corrected chi connectivity index (χ2v) is 2.94. The molecule has 0 spiro atoms. The number of hydrogen-bond acceptors (Lipinski definition) is 4. The first-order valence-corrected chi connectivity index (χ1v) is 3.75. The highest BCUT2D eigenvalue weighted by atomic mass is 16.4. The molecule has 0 aromatic carbocycles. The lowest BCUT2D eigenvalue weighted by molar-refractivity contribution is -0.0854. The number of rotatable bonds is 0. The fourth-order valence-corrected chi connectivity index (χ4v) is 1.41. The van der Waals surface area contributed by atoms with Gasteiger partial charge in [0.25, 0.3) is 0 Å². The molecule has 1 aromatic rings. The molecule has 0 unspecified atom stereocenters. The van der Waals surface area contributed by atoms with Crippen molar-refractivity contribution in [1.29, 1.82) is 0 Å². The fraction of sp³-hybridized carbons (Fsp3) is 0.571. The monoisotopic (exact) mass is 170 g/mol. The summed E-state index contributed by atoms with van der Waals surface area (Å²) >= 11 is 0. The fourth-order valence-electron chi connectivity index (χ4n) is 1.41. The van der Waals surface area contributed by atoms with Crippen LogP contribution in [0, 0.1) is 0 Å². The smallest absolute Gasteiger partial charge is 0.140 e. The predicted molar refractivity (Wildman–Crippen MR) is 39.2 cm³/mol. The van der Waals surface area contributed by atoms with Gasteiger partial charge in [-0.3, -0.25) is 0 Å². The molecule has 0 saturated carbocycles. The number of hydrogen-bond donors (Lipinski definition) is 3. The van der Waals surface area contributed by atoms with Crippen LogP contribution < -0.4 is 0 Å². The summed E-state index contributed by atoms with van der Waals surface area (Å²) in [7, 11) is 0. The molecule has 2 heterocycles. The van der Waals surface area contributed by atoms with E-state index in [0.29, 0.717) is 5.82 Å². The molecule has 0 saturated heterocycles. The number of aromatic nitrogens is 2. The van der Waals surface area contributed by atoms with E-state index in [2.05, 4.69) is 4.98 Å². The van der Waals surface area contributed by atoms with Crippen molar-refractivity contribution in [1.82, 2.24) is 9.55 Å². The van der Waals surface area contributed by atoms with Crippen LogP contribution in [0.5, 0.6) is 0 Å². The minimum atomic E-state index is -1.13. The Morgan fingerprint density at radius 2 is 2.17 bits per heavy atom. The largest absolute Gasteiger partial charge is 0.388 e. The maximum absolute atomic E-state index is 9.40. The highest BCUT2D eigenvalue weighted by Gasteiger charge is 2.33. The summed E-state index contributed by atoms with van der Waals surface area (Å²) in [6.45, 7) is 0.285. The second kappa shape index (κ2) is 2.55. The Kier molecular flexibility index (Phi) is 1.64. The Bertz CT molecular complexity index is 286. The SMILES string of the molecule is O[C@H]1[C@H](O)Cn2ccnc2[C@@H]1O. The van der Waals surface area contributed by atoms with Crippen molar-refractivity contribution < 1.29 is 15.3 Å². The molecule has 0 amide bonds. The quantitative estimate of drug-likeness (QED) is 0.450. The Morgan fingerprint density at radius 1 is 1.42 bits per heavy atom. The number of fused-ring (bicyclic) bond motifs is 1. The summed E-state index contributed by atoms with van der Waals surface area (Å²) in [5.41, 5.74) is 0. The lowest BCUT2D eigenvalue weighted by atomic mass is 10.0. The molecule has 66 valence electrons. The standard InChI is InChI=1S/C7H10N2O3/c10-4-3-9-2-1-8-7(9)6(12)5(4)11/h1-2,4-6,10-12H,3H2/t4-,5+,6-/m1/s1. The molecular formula is C7H10N2O3. The number of aliphatic hydroxyl groups excluding tert-OH is 3. The van der Waals surface area contributed by atoms with Gasteiger partial charge in [-0.05, 0) is 0 Å². The zero-order valence-corrected chi connectivity index (χ0v) is 6.33. The maximum atomic E-state index is 9.40. The summed E-state index contributed by atoms with van der Waals surface area (Å²) in [4.78, 5) is 3.86. The summed E-state index contributed by atoms with van der Waals surface area (Å²) in [5.74, 6) is 0.410. The third-order valence-corrected chi connectivity index (χ3v) is 2.11. The first kappa shape index (κ1) is 7.72. The van der Waals surface area contributed by atoms with Gasteiger partial charge in [0, 0.05) is 12.4 Å². The zero-order valence-electron chi connectivity index (χ0n) is 6.33. The molecule has 5 heteroatoms. The molecule has 12 heavy (non-hydrogen) atoms. The van der Waals surface area contributed by atoms with Crippen molar-refractivity contribution in [3.8, 4) is 0 Å². The van der Waals surface area contributed by atoms with Crippen molar-refractivity contribution in [2.75, 3.05) is 0 Å². The van der Waals surface area contributed by atoms with Crippen LogP contribution in [0.2, 0.25) is 0 Å². The van der Waals surface area contributed by atoms with Gasteiger partial charge in [0.15, 0.2) is 0 Å². The maximum Gasteiger partial charge on any atom is 0.140 e. The van der Waals surface area contributed by atoms with Crippen LogP contribution in [0.25, 0.3) is 0 Å². The molecule has 3 N–H and O–H groups in total. The molecule has 1 aliphatic heterocycles. The van der Waals surface area contributed by atoms with Crippen molar-refractivity contribution in [2.24, 2.45) is 0 Å². The predicted octanol–water partition coefficient (Wildman–Crippen LogP) is -1.35. The third kappa shape index (κ3) is 0.945. The van der Waals surface area contributed by atoms with Crippen LogP contribution in [0.15, 0.2) is 12.4 Å². The topological polar surface area (TPSA) is 78.5 Å². The number of imidazole rings is 1. The molecule has 5 nitrogen and oxygen atoms in total. The molecule has 2 rings (SSSR count). The van der Waals surface area contributed by atoms with Crippen LogP contribution in [0.3, 0.4) is 0 Å². The highest BCUT2D eigenvalue weighted by molar-refractivity contribution is 5.04. The molecule has 0 bridgehead atoms. The van der Waals surface area contributed by atoms with E-state index in [9.17, 15) is 15.3 Å². The molecule has 1 aromatic heterocycles. The van der Waals surface area contributed by atoms with Crippen molar-refractivity contribution >= 4 is 0 Å². The van der Waals surface area contributed by atoms with Crippen LogP contribution in [0.4, 0.5) is 0 Å². The van der Waals surface area contributed by atoms with E-state index in [1.54, 1.807) is 10.8 Å². The summed E-state index contributed by atoms with van der Waals surface area (Å²) < 4.78 is 1.63. The van der Waals surface area contributed by atoms with Crippen LogP contribution in [-0.2, 0) is 6.54 Å². The minimum Gasteiger partial charge on any atom is -0.388 e. The zero-order chi connectivity index (χ0) is 8.72. The molecule has 0 fully saturated rings. The van der Waals surface area contributed by atoms with Crippen molar-refractivity contribution in [2.45, 2.75) is 24.9 Å². The first-order valence-electron chi connectivity index (χ1n) is 3.75. The lowest BCUT2D eigenvalue weighted by Crippen LogP contribution is -2.41.